The number of nitrogens with zero attached hydrogens (tertiary/aromatic N) is 4. The lowest BCUT2D eigenvalue weighted by molar-refractivity contribution is -0.133. The third kappa shape index (κ3) is 3.04. The van der Waals surface area contributed by atoms with Crippen LogP contribution >= 0.6 is 11.8 Å². The molecule has 2 aromatic rings. The molecule has 0 spiro atoms. The van der Waals surface area contributed by atoms with Gasteiger partial charge in [0, 0.05) is 30.2 Å². The van der Waals surface area contributed by atoms with Crippen molar-refractivity contribution in [1.29, 1.82) is 0 Å². The van der Waals surface area contributed by atoms with E-state index in [0.717, 1.165) is 28.5 Å². The molecule has 0 aliphatic rings. The lowest BCUT2D eigenvalue weighted by Gasteiger charge is -2.10. The smallest absolute Gasteiger partial charge is 0.313 e. The van der Waals surface area contributed by atoms with Gasteiger partial charge in [-0.25, -0.2) is 4.98 Å². The number of carboxylic acids is 1. The lowest BCUT2D eigenvalue weighted by atomic mass is 10.2. The Labute approximate surface area is 121 Å². The van der Waals surface area contributed by atoms with Crippen molar-refractivity contribution in [2.45, 2.75) is 32.0 Å². The molecule has 2 heterocycles. The van der Waals surface area contributed by atoms with Crippen LogP contribution in [-0.4, -0.2) is 36.2 Å². The topological polar surface area (TPSA) is 72.9 Å². The van der Waals surface area contributed by atoms with E-state index in [-0.39, 0.29) is 5.75 Å². The van der Waals surface area contributed by atoms with Gasteiger partial charge in [-0.05, 0) is 13.3 Å². The summed E-state index contributed by atoms with van der Waals surface area (Å²) >= 11 is 1.25. The summed E-state index contributed by atoms with van der Waals surface area (Å²) in [6.45, 7) is 4.76. The van der Waals surface area contributed by atoms with E-state index in [0.29, 0.717) is 6.54 Å². The Hall–Kier alpha value is -1.76. The van der Waals surface area contributed by atoms with Crippen LogP contribution in [0.2, 0.25) is 0 Å². The second-order valence-corrected chi connectivity index (χ2v) is 5.48. The zero-order chi connectivity index (χ0) is 14.7. The van der Waals surface area contributed by atoms with E-state index in [1.165, 1.54) is 11.8 Å². The molecular weight excluding hydrogens is 276 g/mol. The molecule has 2 rings (SSSR count). The minimum Gasteiger partial charge on any atom is -0.481 e. The number of thioether (sulfide) groups is 1. The van der Waals surface area contributed by atoms with Crippen molar-refractivity contribution in [3.8, 4) is 0 Å². The summed E-state index contributed by atoms with van der Waals surface area (Å²) in [5.74, 6) is -0.813. The Morgan fingerprint density at radius 2 is 2.20 bits per heavy atom. The van der Waals surface area contributed by atoms with E-state index < -0.39 is 5.97 Å². The van der Waals surface area contributed by atoms with Crippen LogP contribution in [0.1, 0.15) is 23.9 Å². The first-order chi connectivity index (χ1) is 9.52. The molecular formula is C13H18N4O2S. The Balaban J connectivity index is 2.26. The first-order valence-electron chi connectivity index (χ1n) is 6.39. The predicted octanol–water partition coefficient (Wildman–Crippen LogP) is 1.71. The van der Waals surface area contributed by atoms with Gasteiger partial charge in [-0.15, -0.1) is 0 Å². The van der Waals surface area contributed by atoms with E-state index in [1.54, 1.807) is 0 Å². The number of rotatable bonds is 6. The van der Waals surface area contributed by atoms with Crippen molar-refractivity contribution in [2.75, 3.05) is 5.75 Å². The number of aryl methyl sites for hydroxylation is 2. The summed E-state index contributed by atoms with van der Waals surface area (Å²) in [6, 6.07) is 0. The summed E-state index contributed by atoms with van der Waals surface area (Å²) in [5, 5.41) is 13.8. The number of hydrogen-bond donors (Lipinski definition) is 1. The molecule has 0 radical (unpaired) electrons. The summed E-state index contributed by atoms with van der Waals surface area (Å²) < 4.78 is 3.90. The fourth-order valence-corrected chi connectivity index (χ4v) is 2.67. The van der Waals surface area contributed by atoms with Gasteiger partial charge in [0.2, 0.25) is 0 Å². The molecule has 0 amide bonds. The molecule has 0 bridgehead atoms. The minimum atomic E-state index is -0.833. The first-order valence-corrected chi connectivity index (χ1v) is 7.38. The lowest BCUT2D eigenvalue weighted by Crippen LogP contribution is -2.08. The highest BCUT2D eigenvalue weighted by Gasteiger charge is 2.13. The number of carbonyl (C=O) groups is 1. The van der Waals surface area contributed by atoms with Crippen LogP contribution in [-0.2, 0) is 24.8 Å². The molecule has 7 heteroatoms. The largest absolute Gasteiger partial charge is 0.481 e. The summed E-state index contributed by atoms with van der Waals surface area (Å²) in [4.78, 5) is 15.0. The molecule has 0 aliphatic carbocycles. The minimum absolute atomic E-state index is 0.0200. The maximum absolute atomic E-state index is 10.7. The van der Waals surface area contributed by atoms with Crippen LogP contribution < -0.4 is 0 Å². The van der Waals surface area contributed by atoms with E-state index in [9.17, 15) is 4.79 Å². The molecule has 6 nitrogen and oxygen atoms in total. The Bertz CT molecular complexity index is 618. The van der Waals surface area contributed by atoms with E-state index in [2.05, 4.69) is 21.6 Å². The number of hydrogen-bond acceptors (Lipinski definition) is 4. The molecule has 20 heavy (non-hydrogen) atoms. The van der Waals surface area contributed by atoms with E-state index >= 15 is 0 Å². The summed E-state index contributed by atoms with van der Waals surface area (Å²) in [6.07, 6.45) is 4.52. The molecule has 2 aromatic heterocycles. The quantitative estimate of drug-likeness (QED) is 0.821. The summed E-state index contributed by atoms with van der Waals surface area (Å²) in [7, 11) is 1.91. The normalized spacial score (nSPS) is 10.9. The molecule has 0 saturated heterocycles. The maximum Gasteiger partial charge on any atom is 0.313 e. The highest BCUT2D eigenvalue weighted by Crippen LogP contribution is 2.21. The van der Waals surface area contributed by atoms with Crippen LogP contribution in [0.25, 0.3) is 0 Å². The molecule has 0 unspecified atom stereocenters. The average Bonchev–Trinajstić information content (AvgIpc) is 2.94. The molecule has 0 fully saturated rings. The van der Waals surface area contributed by atoms with Gasteiger partial charge in [0.15, 0.2) is 5.16 Å². The maximum atomic E-state index is 10.7. The van der Waals surface area contributed by atoms with Crippen molar-refractivity contribution >= 4 is 17.7 Å². The van der Waals surface area contributed by atoms with Gasteiger partial charge in [-0.1, -0.05) is 18.7 Å². The SMILES string of the molecule is CCc1cnc(SCC(=O)O)n1Cc1cnn(C)c1C. The van der Waals surface area contributed by atoms with Crippen LogP contribution in [0.15, 0.2) is 17.6 Å². The standard InChI is InChI=1S/C13H18N4O2S/c1-4-11-6-14-13(20-8-12(18)19)17(11)7-10-5-15-16(3)9(10)2/h5-6H,4,7-8H2,1-3H3,(H,18,19). The monoisotopic (exact) mass is 294 g/mol. The van der Waals surface area contributed by atoms with Crippen molar-refractivity contribution in [1.82, 2.24) is 19.3 Å². The van der Waals surface area contributed by atoms with Crippen molar-refractivity contribution < 1.29 is 9.90 Å². The van der Waals surface area contributed by atoms with Crippen LogP contribution in [0.4, 0.5) is 0 Å². The zero-order valence-electron chi connectivity index (χ0n) is 11.8. The van der Waals surface area contributed by atoms with Crippen LogP contribution in [0.3, 0.4) is 0 Å². The molecule has 108 valence electrons. The number of aliphatic carboxylic acids is 1. The molecule has 0 aliphatic heterocycles. The Morgan fingerprint density at radius 1 is 1.45 bits per heavy atom. The molecule has 0 atom stereocenters. The van der Waals surface area contributed by atoms with Gasteiger partial charge in [0.25, 0.3) is 0 Å². The second-order valence-electron chi connectivity index (χ2n) is 4.53. The van der Waals surface area contributed by atoms with Gasteiger partial charge < -0.3 is 9.67 Å². The highest BCUT2D eigenvalue weighted by atomic mass is 32.2. The van der Waals surface area contributed by atoms with Crippen molar-refractivity contribution in [3.63, 3.8) is 0 Å². The number of aromatic nitrogens is 4. The Morgan fingerprint density at radius 3 is 2.75 bits per heavy atom. The Kier molecular flexibility index (Phi) is 4.49. The van der Waals surface area contributed by atoms with Crippen LogP contribution in [0.5, 0.6) is 0 Å². The fraction of sp³-hybridized carbons (Fsp3) is 0.462. The average molecular weight is 294 g/mol. The zero-order valence-corrected chi connectivity index (χ0v) is 12.6. The van der Waals surface area contributed by atoms with Gasteiger partial charge >= 0.3 is 5.97 Å². The van der Waals surface area contributed by atoms with Crippen molar-refractivity contribution in [2.24, 2.45) is 7.05 Å². The van der Waals surface area contributed by atoms with Crippen LogP contribution in [0, 0.1) is 6.92 Å². The van der Waals surface area contributed by atoms with Crippen molar-refractivity contribution in [3.05, 3.63) is 29.3 Å². The third-order valence-electron chi connectivity index (χ3n) is 3.25. The second kappa shape index (κ2) is 6.13. The number of imidazole rings is 1. The third-order valence-corrected chi connectivity index (χ3v) is 4.23. The first kappa shape index (κ1) is 14.6. The molecule has 0 aromatic carbocycles. The molecule has 0 saturated carbocycles. The van der Waals surface area contributed by atoms with Gasteiger partial charge in [-0.3, -0.25) is 9.48 Å². The number of carboxylic acid groups (broad SMARTS) is 1. The van der Waals surface area contributed by atoms with Gasteiger partial charge in [0.05, 0.1) is 18.5 Å². The van der Waals surface area contributed by atoms with Gasteiger partial charge in [-0.2, -0.15) is 5.10 Å². The van der Waals surface area contributed by atoms with E-state index in [1.807, 2.05) is 31.0 Å². The molecule has 1 N–H and O–H groups in total. The summed E-state index contributed by atoms with van der Waals surface area (Å²) in [5.41, 5.74) is 3.33. The predicted molar refractivity (Wildman–Crippen MR) is 77.0 cm³/mol. The van der Waals surface area contributed by atoms with Gasteiger partial charge in [0.1, 0.15) is 0 Å². The van der Waals surface area contributed by atoms with E-state index in [4.69, 9.17) is 5.11 Å². The fourth-order valence-electron chi connectivity index (χ4n) is 1.95. The highest BCUT2D eigenvalue weighted by molar-refractivity contribution is 7.99.